The van der Waals surface area contributed by atoms with Gasteiger partial charge in [-0.15, -0.1) is 0 Å². The number of nitrogens with one attached hydrogen (secondary N) is 1. The monoisotopic (exact) mass is 320 g/mol. The minimum Gasteiger partial charge on any atom is -0.479 e. The van der Waals surface area contributed by atoms with Crippen LogP contribution in [0.15, 0.2) is 30.3 Å². The lowest BCUT2D eigenvalue weighted by Gasteiger charge is -2.21. The third-order valence-electron chi connectivity index (χ3n) is 3.42. The summed E-state index contributed by atoms with van der Waals surface area (Å²) in [6, 6.07) is 8.44. The number of hydrogen-bond donors (Lipinski definition) is 1. The molecule has 1 aliphatic heterocycles. The maximum absolute atomic E-state index is 12.2. The fourth-order valence-corrected chi connectivity index (χ4v) is 2.16. The molecule has 1 fully saturated rings. The molecule has 1 aliphatic rings. The minimum absolute atomic E-state index is 0.275. The fourth-order valence-electron chi connectivity index (χ4n) is 2.16. The summed E-state index contributed by atoms with van der Waals surface area (Å²) in [5, 5.41) is 2.53. The molecule has 7 heteroatoms. The highest BCUT2D eigenvalue weighted by Crippen LogP contribution is 2.14. The third-order valence-corrected chi connectivity index (χ3v) is 3.42. The van der Waals surface area contributed by atoms with E-state index in [1.54, 1.807) is 31.2 Å². The van der Waals surface area contributed by atoms with Crippen LogP contribution < -0.4 is 10.1 Å². The Bertz CT molecular complexity index is 575. The zero-order valence-electron chi connectivity index (χ0n) is 13.2. The molecule has 3 amide bonds. The Balaban J connectivity index is 1.93. The molecule has 1 heterocycles. The van der Waals surface area contributed by atoms with Gasteiger partial charge < -0.3 is 14.8 Å². The van der Waals surface area contributed by atoms with Crippen molar-refractivity contribution in [1.82, 2.24) is 10.2 Å². The van der Waals surface area contributed by atoms with Crippen molar-refractivity contribution >= 4 is 17.9 Å². The summed E-state index contributed by atoms with van der Waals surface area (Å²) in [7, 11) is 0. The van der Waals surface area contributed by atoms with Crippen LogP contribution in [-0.2, 0) is 14.3 Å². The van der Waals surface area contributed by atoms with Gasteiger partial charge in [-0.1, -0.05) is 25.1 Å². The number of ether oxygens (including phenoxy) is 2. The highest BCUT2D eigenvalue weighted by Gasteiger charge is 2.33. The molecule has 0 aromatic heterocycles. The van der Waals surface area contributed by atoms with E-state index in [2.05, 4.69) is 5.32 Å². The van der Waals surface area contributed by atoms with Gasteiger partial charge in [0.15, 0.2) is 12.2 Å². The van der Waals surface area contributed by atoms with E-state index in [1.807, 2.05) is 6.07 Å². The quantitative estimate of drug-likeness (QED) is 0.799. The summed E-state index contributed by atoms with van der Waals surface area (Å²) in [5.74, 6) is -0.617. The maximum atomic E-state index is 12.2. The number of carbonyl (C=O) groups excluding carboxylic acids is 3. The van der Waals surface area contributed by atoms with Gasteiger partial charge in [0.05, 0.1) is 0 Å². The van der Waals surface area contributed by atoms with Crippen LogP contribution in [0.2, 0.25) is 0 Å². The predicted molar refractivity (Wildman–Crippen MR) is 81.8 cm³/mol. The number of nitrogens with zero attached hydrogens (tertiary/aromatic N) is 1. The lowest BCUT2D eigenvalue weighted by atomic mass is 10.2. The number of para-hydroxylation sites is 1. The predicted octanol–water partition coefficient (Wildman–Crippen LogP) is 1.33. The molecule has 0 bridgehead atoms. The standard InChI is InChI=1S/C16H20N2O5/c1-3-13(23-12-7-5-4-6-8-12)15(20)22-11(2)14(19)18-10-9-17-16(18)21/h4-8,11,13H,3,9-10H2,1-2H3,(H,17,21)/t11-,13+/m0/s1. The zero-order chi connectivity index (χ0) is 16.8. The number of esters is 1. The minimum atomic E-state index is -1.04. The van der Waals surface area contributed by atoms with Crippen LogP contribution in [0, 0.1) is 0 Å². The number of hydrogen-bond acceptors (Lipinski definition) is 5. The largest absolute Gasteiger partial charge is 0.479 e. The van der Waals surface area contributed by atoms with Gasteiger partial charge in [-0.05, 0) is 25.5 Å². The van der Waals surface area contributed by atoms with E-state index in [1.165, 1.54) is 6.92 Å². The normalized spacial score (nSPS) is 16.4. The summed E-state index contributed by atoms with van der Waals surface area (Å²) in [5.41, 5.74) is 0. The second kappa shape index (κ2) is 7.62. The molecular weight excluding hydrogens is 300 g/mol. The van der Waals surface area contributed by atoms with Gasteiger partial charge >= 0.3 is 12.0 Å². The molecule has 2 atom stereocenters. The highest BCUT2D eigenvalue weighted by atomic mass is 16.6. The zero-order valence-corrected chi connectivity index (χ0v) is 13.2. The van der Waals surface area contributed by atoms with E-state index in [0.717, 1.165) is 4.90 Å². The second-order valence-electron chi connectivity index (χ2n) is 5.13. The highest BCUT2D eigenvalue weighted by molar-refractivity contribution is 5.98. The van der Waals surface area contributed by atoms with Gasteiger partial charge in [0.2, 0.25) is 0 Å². The molecule has 0 spiro atoms. The molecule has 1 saturated heterocycles. The first-order valence-electron chi connectivity index (χ1n) is 7.54. The van der Waals surface area contributed by atoms with Crippen LogP contribution in [0.4, 0.5) is 4.79 Å². The summed E-state index contributed by atoms with van der Waals surface area (Å²) < 4.78 is 10.7. The van der Waals surface area contributed by atoms with Crippen LogP contribution in [0.25, 0.3) is 0 Å². The van der Waals surface area contributed by atoms with Crippen LogP contribution in [0.1, 0.15) is 20.3 Å². The average Bonchev–Trinajstić information content (AvgIpc) is 2.98. The first-order valence-corrected chi connectivity index (χ1v) is 7.54. The van der Waals surface area contributed by atoms with Crippen molar-refractivity contribution in [3.05, 3.63) is 30.3 Å². The van der Waals surface area contributed by atoms with Gasteiger partial charge in [-0.25, -0.2) is 9.59 Å². The number of rotatable bonds is 6. The summed E-state index contributed by atoms with van der Waals surface area (Å²) in [6.45, 7) is 3.91. The molecule has 124 valence electrons. The Kier molecular flexibility index (Phi) is 5.56. The van der Waals surface area contributed by atoms with Crippen molar-refractivity contribution in [2.75, 3.05) is 13.1 Å². The van der Waals surface area contributed by atoms with Crippen molar-refractivity contribution in [2.24, 2.45) is 0 Å². The van der Waals surface area contributed by atoms with Crippen LogP contribution in [0.5, 0.6) is 5.75 Å². The van der Waals surface area contributed by atoms with E-state index < -0.39 is 30.1 Å². The van der Waals surface area contributed by atoms with E-state index in [9.17, 15) is 14.4 Å². The van der Waals surface area contributed by atoms with Gasteiger partial charge in [-0.3, -0.25) is 9.69 Å². The average molecular weight is 320 g/mol. The summed E-state index contributed by atoms with van der Waals surface area (Å²) in [6.07, 6.45) is -1.45. The number of amides is 3. The van der Waals surface area contributed by atoms with E-state index in [-0.39, 0.29) is 6.54 Å². The van der Waals surface area contributed by atoms with Crippen molar-refractivity contribution in [2.45, 2.75) is 32.5 Å². The number of imide groups is 1. The van der Waals surface area contributed by atoms with Crippen molar-refractivity contribution in [3.8, 4) is 5.75 Å². The number of carbonyl (C=O) groups is 3. The lowest BCUT2D eigenvalue weighted by molar-refractivity contribution is -0.163. The maximum Gasteiger partial charge on any atom is 0.348 e. The third kappa shape index (κ3) is 4.21. The Labute approximate surface area is 134 Å². The lowest BCUT2D eigenvalue weighted by Crippen LogP contribution is -2.43. The van der Waals surface area contributed by atoms with E-state index >= 15 is 0 Å². The van der Waals surface area contributed by atoms with Crippen LogP contribution in [0.3, 0.4) is 0 Å². The van der Waals surface area contributed by atoms with Gasteiger partial charge in [-0.2, -0.15) is 0 Å². The summed E-state index contributed by atoms with van der Waals surface area (Å²) in [4.78, 5) is 36.8. The first-order chi connectivity index (χ1) is 11.0. The van der Waals surface area contributed by atoms with E-state index in [0.29, 0.717) is 18.7 Å². The van der Waals surface area contributed by atoms with Crippen molar-refractivity contribution < 1.29 is 23.9 Å². The molecule has 2 rings (SSSR count). The summed E-state index contributed by atoms with van der Waals surface area (Å²) >= 11 is 0. The van der Waals surface area contributed by atoms with Gasteiger partial charge in [0, 0.05) is 13.1 Å². The van der Waals surface area contributed by atoms with E-state index in [4.69, 9.17) is 9.47 Å². The molecule has 1 aromatic carbocycles. The smallest absolute Gasteiger partial charge is 0.348 e. The van der Waals surface area contributed by atoms with Gasteiger partial charge in [0.25, 0.3) is 5.91 Å². The molecule has 0 unspecified atom stereocenters. The Morgan fingerprint density at radius 3 is 2.57 bits per heavy atom. The molecule has 7 nitrogen and oxygen atoms in total. The number of benzene rings is 1. The van der Waals surface area contributed by atoms with Crippen molar-refractivity contribution in [1.29, 1.82) is 0 Å². The van der Waals surface area contributed by atoms with Gasteiger partial charge in [0.1, 0.15) is 5.75 Å². The topological polar surface area (TPSA) is 84.9 Å². The molecule has 0 aliphatic carbocycles. The molecule has 1 N–H and O–H groups in total. The van der Waals surface area contributed by atoms with Crippen LogP contribution in [-0.4, -0.2) is 48.1 Å². The first kappa shape index (κ1) is 16.8. The Hall–Kier alpha value is -2.57. The Morgan fingerprint density at radius 1 is 1.30 bits per heavy atom. The SMILES string of the molecule is CC[C@@H](Oc1ccccc1)C(=O)O[C@@H](C)C(=O)N1CCNC1=O. The Morgan fingerprint density at radius 2 is 2.00 bits per heavy atom. The van der Waals surface area contributed by atoms with Crippen LogP contribution >= 0.6 is 0 Å². The molecule has 1 aromatic rings. The second-order valence-corrected chi connectivity index (χ2v) is 5.13. The molecular formula is C16H20N2O5. The fraction of sp³-hybridized carbons (Fsp3) is 0.438. The number of urea groups is 1. The van der Waals surface area contributed by atoms with Crippen molar-refractivity contribution in [3.63, 3.8) is 0 Å². The molecule has 0 radical (unpaired) electrons. The molecule has 0 saturated carbocycles. The molecule has 23 heavy (non-hydrogen) atoms.